The van der Waals surface area contributed by atoms with E-state index < -0.39 is 0 Å². The minimum Gasteiger partial charge on any atom is -0.359 e. The van der Waals surface area contributed by atoms with Crippen molar-refractivity contribution in [1.82, 2.24) is 0 Å². The second-order valence-electron chi connectivity index (χ2n) is 5.08. The molecule has 1 aromatic carbocycles. The lowest BCUT2D eigenvalue weighted by Crippen LogP contribution is -2.16. The molecule has 1 heterocycles. The second kappa shape index (κ2) is 4.06. The van der Waals surface area contributed by atoms with Crippen LogP contribution in [0.5, 0.6) is 0 Å². The predicted octanol–water partition coefficient (Wildman–Crippen LogP) is 4.92. The topological polar surface area (TPSA) is 12.0 Å². The zero-order valence-corrected chi connectivity index (χ0v) is 12.2. The van der Waals surface area contributed by atoms with E-state index >= 15 is 0 Å². The fraction of sp³-hybridized carbons (Fsp3) is 0.467. The van der Waals surface area contributed by atoms with Gasteiger partial charge in [-0.25, -0.2) is 0 Å². The molecule has 92 valence electrons. The van der Waals surface area contributed by atoms with Crippen molar-refractivity contribution in [2.24, 2.45) is 0 Å². The molecule has 1 N–H and O–H groups in total. The number of hydrogen-bond acceptors (Lipinski definition) is 1. The summed E-state index contributed by atoms with van der Waals surface area (Å²) in [6.07, 6.45) is 0. The van der Waals surface area contributed by atoms with E-state index in [1.165, 1.54) is 44.8 Å². The number of alkyl halides is 1. The first kappa shape index (κ1) is 12.5. The molecular formula is C15H20ClN. The maximum Gasteiger partial charge on any atom is 0.0835 e. The molecule has 17 heavy (non-hydrogen) atoms. The first-order valence-electron chi connectivity index (χ1n) is 6.05. The van der Waals surface area contributed by atoms with Gasteiger partial charge in [-0.15, -0.1) is 11.6 Å². The van der Waals surface area contributed by atoms with E-state index in [-0.39, 0.29) is 5.38 Å². The van der Waals surface area contributed by atoms with Crippen LogP contribution in [0.25, 0.3) is 0 Å². The number of nitrogens with one attached hydrogen (secondary N) is 1. The molecule has 0 aromatic heterocycles. The van der Waals surface area contributed by atoms with Gasteiger partial charge >= 0.3 is 0 Å². The summed E-state index contributed by atoms with van der Waals surface area (Å²) in [4.78, 5) is 0. The number of benzene rings is 1. The molecular weight excluding hydrogens is 230 g/mol. The number of rotatable bonds is 0. The van der Waals surface area contributed by atoms with Crippen molar-refractivity contribution in [2.45, 2.75) is 46.9 Å². The second-order valence-corrected chi connectivity index (χ2v) is 5.52. The lowest BCUT2D eigenvalue weighted by molar-refractivity contribution is 0.984. The Hall–Kier alpha value is -0.950. The lowest BCUT2D eigenvalue weighted by atomic mass is 9.86. The van der Waals surface area contributed by atoms with Crippen LogP contribution in [0, 0.1) is 27.7 Å². The molecule has 2 heteroatoms. The Morgan fingerprint density at radius 2 is 1.35 bits per heavy atom. The summed E-state index contributed by atoms with van der Waals surface area (Å²) < 4.78 is 0. The fourth-order valence-electron chi connectivity index (χ4n) is 2.51. The van der Waals surface area contributed by atoms with Crippen LogP contribution < -0.4 is 5.32 Å². The summed E-state index contributed by atoms with van der Waals surface area (Å²) in [5.41, 5.74) is 10.3. The van der Waals surface area contributed by atoms with Gasteiger partial charge < -0.3 is 5.32 Å². The van der Waals surface area contributed by atoms with E-state index in [2.05, 4.69) is 46.9 Å². The van der Waals surface area contributed by atoms with E-state index in [1.54, 1.807) is 0 Å². The molecule has 0 spiro atoms. The molecule has 2 rings (SSSR count). The van der Waals surface area contributed by atoms with Gasteiger partial charge in [0.2, 0.25) is 0 Å². The molecule has 0 radical (unpaired) electrons. The molecule has 0 saturated heterocycles. The Bertz CT molecular complexity index is 526. The first-order chi connectivity index (χ1) is 7.86. The molecule has 0 fully saturated rings. The van der Waals surface area contributed by atoms with Gasteiger partial charge in [-0.2, -0.15) is 0 Å². The van der Waals surface area contributed by atoms with Crippen LogP contribution in [-0.2, 0) is 0 Å². The number of fused-ring (bicyclic) bond motifs is 1. The van der Waals surface area contributed by atoms with Crippen LogP contribution in [0.15, 0.2) is 11.3 Å². The zero-order chi connectivity index (χ0) is 12.9. The number of anilines is 1. The summed E-state index contributed by atoms with van der Waals surface area (Å²) in [5, 5.41) is 3.52. The Balaban J connectivity index is 2.78. The zero-order valence-electron chi connectivity index (χ0n) is 11.5. The van der Waals surface area contributed by atoms with Gasteiger partial charge in [0.15, 0.2) is 0 Å². The highest BCUT2D eigenvalue weighted by Crippen LogP contribution is 2.45. The third-order valence-corrected chi connectivity index (χ3v) is 4.82. The molecule has 1 aromatic rings. The highest BCUT2D eigenvalue weighted by Gasteiger charge is 2.26. The molecule has 1 aliphatic heterocycles. The average molecular weight is 250 g/mol. The van der Waals surface area contributed by atoms with Crippen molar-refractivity contribution in [1.29, 1.82) is 0 Å². The third-order valence-electron chi connectivity index (χ3n) is 4.27. The van der Waals surface area contributed by atoms with E-state index in [0.717, 1.165) is 0 Å². The SMILES string of the molecule is CC1=C(C)C(Cl)c2c(C)c(C)c(C)c(C)c2N1. The monoisotopic (exact) mass is 249 g/mol. The number of allylic oxidation sites excluding steroid dienone is 2. The van der Waals surface area contributed by atoms with Gasteiger partial charge in [0.1, 0.15) is 0 Å². The molecule has 0 amide bonds. The molecule has 0 aliphatic carbocycles. The summed E-state index contributed by atoms with van der Waals surface area (Å²) >= 11 is 6.60. The lowest BCUT2D eigenvalue weighted by Gasteiger charge is -2.30. The minimum absolute atomic E-state index is 0.00394. The smallest absolute Gasteiger partial charge is 0.0835 e. The van der Waals surface area contributed by atoms with E-state index in [4.69, 9.17) is 11.6 Å². The summed E-state index contributed by atoms with van der Waals surface area (Å²) in [6, 6.07) is 0. The highest BCUT2D eigenvalue weighted by molar-refractivity contribution is 6.23. The molecule has 1 unspecified atom stereocenters. The van der Waals surface area contributed by atoms with Crippen molar-refractivity contribution in [3.8, 4) is 0 Å². The Morgan fingerprint density at radius 1 is 0.824 bits per heavy atom. The minimum atomic E-state index is 0.00394. The standard InChI is InChI=1S/C15H20ClN/c1-7-8(2)10(4)15-13(9(7)3)14(16)11(5)12(6)17-15/h14,17H,1-6H3. The van der Waals surface area contributed by atoms with Crippen LogP contribution in [0.2, 0.25) is 0 Å². The Kier molecular flexibility index (Phi) is 2.99. The normalized spacial score (nSPS) is 19.1. The summed E-state index contributed by atoms with van der Waals surface area (Å²) in [6.45, 7) is 12.9. The van der Waals surface area contributed by atoms with Crippen molar-refractivity contribution >= 4 is 17.3 Å². The molecule has 1 aliphatic rings. The van der Waals surface area contributed by atoms with Crippen LogP contribution >= 0.6 is 11.6 Å². The summed E-state index contributed by atoms with van der Waals surface area (Å²) in [7, 11) is 0. The van der Waals surface area contributed by atoms with Crippen molar-refractivity contribution in [2.75, 3.05) is 5.32 Å². The number of halogens is 1. The maximum absolute atomic E-state index is 6.60. The van der Waals surface area contributed by atoms with Crippen LogP contribution in [0.3, 0.4) is 0 Å². The molecule has 0 saturated carbocycles. The van der Waals surface area contributed by atoms with Gasteiger partial charge in [0.05, 0.1) is 5.38 Å². The predicted molar refractivity (Wildman–Crippen MR) is 76.0 cm³/mol. The van der Waals surface area contributed by atoms with E-state index in [1.807, 2.05) is 0 Å². The van der Waals surface area contributed by atoms with E-state index in [9.17, 15) is 0 Å². The fourth-order valence-corrected chi connectivity index (χ4v) is 2.95. The molecule has 1 nitrogen and oxygen atoms in total. The van der Waals surface area contributed by atoms with Crippen molar-refractivity contribution < 1.29 is 0 Å². The highest BCUT2D eigenvalue weighted by atomic mass is 35.5. The van der Waals surface area contributed by atoms with Crippen LogP contribution in [0.4, 0.5) is 5.69 Å². The van der Waals surface area contributed by atoms with Gasteiger partial charge in [-0.1, -0.05) is 0 Å². The van der Waals surface area contributed by atoms with Gasteiger partial charge in [0.25, 0.3) is 0 Å². The maximum atomic E-state index is 6.60. The van der Waals surface area contributed by atoms with Crippen LogP contribution in [-0.4, -0.2) is 0 Å². The van der Waals surface area contributed by atoms with Gasteiger partial charge in [-0.05, 0) is 69.4 Å². The number of hydrogen-bond donors (Lipinski definition) is 1. The van der Waals surface area contributed by atoms with Crippen LogP contribution in [0.1, 0.15) is 47.0 Å². The largest absolute Gasteiger partial charge is 0.359 e. The van der Waals surface area contributed by atoms with Gasteiger partial charge in [0, 0.05) is 16.9 Å². The van der Waals surface area contributed by atoms with Gasteiger partial charge in [-0.3, -0.25) is 0 Å². The Morgan fingerprint density at radius 3 is 1.94 bits per heavy atom. The van der Waals surface area contributed by atoms with Crippen molar-refractivity contribution in [3.05, 3.63) is 39.1 Å². The van der Waals surface area contributed by atoms with E-state index in [0.29, 0.717) is 0 Å². The molecule has 1 atom stereocenters. The van der Waals surface area contributed by atoms with Crippen molar-refractivity contribution in [3.63, 3.8) is 0 Å². The third kappa shape index (κ3) is 1.68. The molecule has 0 bridgehead atoms. The first-order valence-corrected chi connectivity index (χ1v) is 6.48. The summed E-state index contributed by atoms with van der Waals surface area (Å²) in [5.74, 6) is 0. The quantitative estimate of drug-likeness (QED) is 0.644. The Labute approximate surface area is 109 Å². The average Bonchev–Trinajstić information content (AvgIpc) is 2.30.